The molecule has 0 aromatic rings. The highest BCUT2D eigenvalue weighted by molar-refractivity contribution is 5.27. The minimum atomic E-state index is 0.749. The summed E-state index contributed by atoms with van der Waals surface area (Å²) in [4.78, 5) is 0. The molecule has 1 aliphatic carbocycles. The molecule has 0 unspecified atom stereocenters. The molecule has 0 atom stereocenters. The summed E-state index contributed by atoms with van der Waals surface area (Å²) in [5, 5.41) is 0. The van der Waals surface area contributed by atoms with E-state index in [-0.39, 0.29) is 0 Å². The Kier molecular flexibility index (Phi) is 4.19. The van der Waals surface area contributed by atoms with Gasteiger partial charge in [-0.2, -0.15) is 0 Å². The van der Waals surface area contributed by atoms with Gasteiger partial charge in [0.15, 0.2) is 0 Å². The van der Waals surface area contributed by atoms with Crippen LogP contribution >= 0.6 is 0 Å². The van der Waals surface area contributed by atoms with E-state index in [2.05, 4.69) is 0 Å². The largest absolute Gasteiger partial charge is 0.399 e. The average Bonchev–Trinajstić information content (AvgIpc) is 2.11. The van der Waals surface area contributed by atoms with Gasteiger partial charge in [0.1, 0.15) is 0 Å². The first-order valence-electron chi connectivity index (χ1n) is 4.20. The van der Waals surface area contributed by atoms with Crippen molar-refractivity contribution in [2.75, 3.05) is 0 Å². The third-order valence-corrected chi connectivity index (χ3v) is 1.47. The molecule has 0 aromatic heterocycles. The van der Waals surface area contributed by atoms with Crippen molar-refractivity contribution in [2.24, 2.45) is 5.73 Å². The third-order valence-electron chi connectivity index (χ3n) is 1.47. The lowest BCUT2D eigenvalue weighted by atomic mass is 10.3. The number of hydrogen-bond acceptors (Lipinski definition) is 1. The van der Waals surface area contributed by atoms with Gasteiger partial charge in [-0.3, -0.25) is 0 Å². The van der Waals surface area contributed by atoms with Crippen LogP contribution in [0, 0.1) is 0 Å². The van der Waals surface area contributed by atoms with Crippen LogP contribution in [0.4, 0.5) is 0 Å². The van der Waals surface area contributed by atoms with E-state index < -0.39 is 0 Å². The molecule has 0 fully saturated rings. The van der Waals surface area contributed by atoms with Crippen LogP contribution < -0.4 is 5.73 Å². The van der Waals surface area contributed by atoms with Crippen LogP contribution in [0.3, 0.4) is 0 Å². The number of rotatable bonds is 0. The lowest BCUT2D eigenvalue weighted by molar-refractivity contribution is 1.42. The monoisotopic (exact) mass is 171 g/mol. The third kappa shape index (κ3) is 4.64. The fourth-order valence-corrected chi connectivity index (χ4v) is 0.838. The van der Waals surface area contributed by atoms with E-state index in [1.54, 1.807) is 0 Å². The Morgan fingerprint density at radius 2 is 1.08 bits per heavy atom. The maximum Gasteiger partial charge on any atom is 0.0313 e. The molecule has 13 heavy (non-hydrogen) atoms. The molecular weight excluding hydrogens is 158 g/mol. The molecule has 0 amide bonds. The molecule has 0 saturated heterocycles. The summed E-state index contributed by atoms with van der Waals surface area (Å²) in [5.74, 6) is 0. The highest BCUT2D eigenvalue weighted by atomic mass is 14.5. The average molecular weight is 171 g/mol. The van der Waals surface area contributed by atoms with E-state index in [0.29, 0.717) is 0 Å². The first kappa shape index (κ1) is 9.33. The standard InChI is InChI=1S/C12H13N/c13-12-10-8-6-4-2-1-3-5-7-9-11-12/h1-11H,13H2/b2-1-,3-1?,4-2?,5-3+,6-4-,7-5?,8-6?,9-7+,10-8-,11-9?,12-10?,12-11+. The maximum absolute atomic E-state index is 5.66. The SMILES string of the molecule is NC1=C/C=C/C=C/C=C\C=C/C=C\1. The molecule has 0 aliphatic heterocycles. The van der Waals surface area contributed by atoms with Crippen molar-refractivity contribution in [3.05, 3.63) is 72.5 Å². The second kappa shape index (κ2) is 5.84. The Morgan fingerprint density at radius 3 is 1.69 bits per heavy atom. The minimum absolute atomic E-state index is 0.749. The van der Waals surface area contributed by atoms with Crippen LogP contribution in [0.5, 0.6) is 0 Å². The van der Waals surface area contributed by atoms with Gasteiger partial charge in [0.25, 0.3) is 0 Å². The summed E-state index contributed by atoms with van der Waals surface area (Å²) in [5.41, 5.74) is 6.41. The molecule has 2 N–H and O–H groups in total. The lowest BCUT2D eigenvalue weighted by Gasteiger charge is -1.87. The van der Waals surface area contributed by atoms with E-state index in [4.69, 9.17) is 5.73 Å². The van der Waals surface area contributed by atoms with Crippen molar-refractivity contribution >= 4 is 0 Å². The highest BCUT2D eigenvalue weighted by Gasteiger charge is 1.76. The van der Waals surface area contributed by atoms with Crippen LogP contribution in [0.25, 0.3) is 0 Å². The topological polar surface area (TPSA) is 26.0 Å². The molecule has 66 valence electrons. The predicted molar refractivity (Wildman–Crippen MR) is 58.0 cm³/mol. The zero-order valence-electron chi connectivity index (χ0n) is 7.43. The van der Waals surface area contributed by atoms with Crippen molar-refractivity contribution in [1.82, 2.24) is 0 Å². The molecule has 1 nitrogen and oxygen atoms in total. The van der Waals surface area contributed by atoms with Gasteiger partial charge in [-0.05, 0) is 12.2 Å². The van der Waals surface area contributed by atoms with Gasteiger partial charge >= 0.3 is 0 Å². The van der Waals surface area contributed by atoms with E-state index in [0.717, 1.165) is 5.70 Å². The summed E-state index contributed by atoms with van der Waals surface area (Å²) >= 11 is 0. The van der Waals surface area contributed by atoms with E-state index in [1.165, 1.54) is 0 Å². The van der Waals surface area contributed by atoms with Crippen LogP contribution in [0.2, 0.25) is 0 Å². The predicted octanol–water partition coefficient (Wildman–Crippen LogP) is 2.62. The zero-order valence-corrected chi connectivity index (χ0v) is 7.43. The fraction of sp³-hybridized carbons (Fsp3) is 0. The molecular formula is C12H13N. The Morgan fingerprint density at radius 1 is 0.615 bits per heavy atom. The van der Waals surface area contributed by atoms with Gasteiger partial charge in [0, 0.05) is 5.70 Å². The molecule has 1 rings (SSSR count). The van der Waals surface area contributed by atoms with E-state index in [9.17, 15) is 0 Å². The molecule has 1 heteroatoms. The molecule has 0 aromatic carbocycles. The molecule has 0 bridgehead atoms. The fourth-order valence-electron chi connectivity index (χ4n) is 0.838. The van der Waals surface area contributed by atoms with Crippen molar-refractivity contribution in [3.8, 4) is 0 Å². The summed E-state index contributed by atoms with van der Waals surface area (Å²) in [6.07, 6.45) is 21.3. The smallest absolute Gasteiger partial charge is 0.0313 e. The second-order valence-corrected chi connectivity index (χ2v) is 2.57. The molecule has 1 aliphatic rings. The molecule has 0 spiro atoms. The van der Waals surface area contributed by atoms with Gasteiger partial charge in [0.05, 0.1) is 0 Å². The van der Waals surface area contributed by atoms with Crippen LogP contribution in [-0.4, -0.2) is 0 Å². The summed E-state index contributed by atoms with van der Waals surface area (Å²) in [7, 11) is 0. The van der Waals surface area contributed by atoms with Crippen LogP contribution in [-0.2, 0) is 0 Å². The first-order chi connectivity index (χ1) is 6.39. The Balaban J connectivity index is 2.78. The quantitative estimate of drug-likeness (QED) is 0.595. The molecule has 0 radical (unpaired) electrons. The highest BCUT2D eigenvalue weighted by Crippen LogP contribution is 1.92. The van der Waals surface area contributed by atoms with Gasteiger partial charge in [-0.1, -0.05) is 54.7 Å². The van der Waals surface area contributed by atoms with Gasteiger partial charge < -0.3 is 5.73 Å². The second-order valence-electron chi connectivity index (χ2n) is 2.57. The molecule has 0 heterocycles. The zero-order chi connectivity index (χ0) is 9.36. The minimum Gasteiger partial charge on any atom is -0.399 e. The number of nitrogens with two attached hydrogens (primary N) is 1. The van der Waals surface area contributed by atoms with Gasteiger partial charge in [0.2, 0.25) is 0 Å². The Labute approximate surface area is 79.0 Å². The maximum atomic E-state index is 5.66. The summed E-state index contributed by atoms with van der Waals surface area (Å²) in [6, 6.07) is 0. The van der Waals surface area contributed by atoms with Gasteiger partial charge in [-0.15, -0.1) is 0 Å². The number of hydrogen-bond donors (Lipinski definition) is 1. The van der Waals surface area contributed by atoms with Crippen molar-refractivity contribution in [3.63, 3.8) is 0 Å². The van der Waals surface area contributed by atoms with E-state index >= 15 is 0 Å². The van der Waals surface area contributed by atoms with Gasteiger partial charge in [-0.25, -0.2) is 0 Å². The van der Waals surface area contributed by atoms with E-state index in [1.807, 2.05) is 66.8 Å². The van der Waals surface area contributed by atoms with Crippen molar-refractivity contribution in [1.29, 1.82) is 0 Å². The Bertz CT molecular complexity index is 312. The Hall–Kier alpha value is -1.76. The molecule has 0 saturated carbocycles. The number of allylic oxidation sites excluding steroid dienone is 11. The normalized spacial score (nSPS) is 32.8. The lowest BCUT2D eigenvalue weighted by Crippen LogP contribution is -1.90. The first-order valence-corrected chi connectivity index (χ1v) is 4.20. The summed E-state index contributed by atoms with van der Waals surface area (Å²) < 4.78 is 0. The van der Waals surface area contributed by atoms with Crippen LogP contribution in [0.1, 0.15) is 0 Å². The summed E-state index contributed by atoms with van der Waals surface area (Å²) in [6.45, 7) is 0. The van der Waals surface area contributed by atoms with Crippen molar-refractivity contribution < 1.29 is 0 Å². The van der Waals surface area contributed by atoms with Crippen molar-refractivity contribution in [2.45, 2.75) is 0 Å². The van der Waals surface area contributed by atoms with Crippen LogP contribution in [0.15, 0.2) is 72.5 Å².